The van der Waals surface area contributed by atoms with Crippen molar-refractivity contribution in [2.75, 3.05) is 25.2 Å². The number of hydrogen-bond donors (Lipinski definition) is 0. The van der Waals surface area contributed by atoms with Gasteiger partial charge < -0.3 is 14.4 Å². The predicted octanol–water partition coefficient (Wildman–Crippen LogP) is 3.07. The van der Waals surface area contributed by atoms with E-state index < -0.39 is 5.79 Å². The van der Waals surface area contributed by atoms with Crippen LogP contribution in [0.25, 0.3) is 0 Å². The summed E-state index contributed by atoms with van der Waals surface area (Å²) in [5.74, 6) is -0.710. The number of benzene rings is 1. The molecule has 0 aromatic heterocycles. The Bertz CT molecular complexity index is 468. The molecule has 2 atom stereocenters. The maximum Gasteiger partial charge on any atom is 0.235 e. The second-order valence-electron chi connectivity index (χ2n) is 5.51. The number of hydrogen-bond acceptors (Lipinski definition) is 3. The molecular formula is C17H25NO3. The van der Waals surface area contributed by atoms with Gasteiger partial charge in [0.2, 0.25) is 5.91 Å². The number of ether oxygens (including phenoxy) is 2. The van der Waals surface area contributed by atoms with Gasteiger partial charge in [0.1, 0.15) is 0 Å². The zero-order valence-corrected chi connectivity index (χ0v) is 13.3. The van der Waals surface area contributed by atoms with Crippen molar-refractivity contribution < 1.29 is 14.3 Å². The van der Waals surface area contributed by atoms with Crippen LogP contribution >= 0.6 is 0 Å². The fourth-order valence-electron chi connectivity index (χ4n) is 3.13. The number of carbonyl (C=O) groups excluding carboxylic acids is 1. The highest BCUT2D eigenvalue weighted by atomic mass is 16.7. The molecule has 0 radical (unpaired) electrons. The molecule has 4 heteroatoms. The van der Waals surface area contributed by atoms with Crippen LogP contribution in [0.4, 0.5) is 5.69 Å². The van der Waals surface area contributed by atoms with E-state index in [4.69, 9.17) is 9.47 Å². The topological polar surface area (TPSA) is 38.8 Å². The zero-order valence-electron chi connectivity index (χ0n) is 13.3. The van der Waals surface area contributed by atoms with E-state index in [1.54, 1.807) is 4.90 Å². The summed E-state index contributed by atoms with van der Waals surface area (Å²) in [6.45, 7) is 7.05. The van der Waals surface area contributed by atoms with Crippen molar-refractivity contribution in [3.63, 3.8) is 0 Å². The lowest BCUT2D eigenvalue weighted by molar-refractivity contribution is -0.328. The monoisotopic (exact) mass is 291 g/mol. The highest BCUT2D eigenvalue weighted by Crippen LogP contribution is 2.48. The third-order valence-electron chi connectivity index (χ3n) is 4.27. The SMILES string of the molecule is CCOC1(OCC)[C@@H](C)C[C@H]1C(=O)N(C)c1ccccc1. The average molecular weight is 291 g/mol. The average Bonchev–Trinajstić information content (AvgIpc) is 2.51. The molecule has 2 rings (SSSR count). The molecule has 1 saturated carbocycles. The van der Waals surface area contributed by atoms with Crippen LogP contribution in [0, 0.1) is 11.8 Å². The van der Waals surface area contributed by atoms with Gasteiger partial charge in [0, 0.05) is 31.9 Å². The molecule has 4 nitrogen and oxygen atoms in total. The number of amides is 1. The van der Waals surface area contributed by atoms with Crippen LogP contribution in [-0.2, 0) is 14.3 Å². The molecule has 1 aromatic rings. The van der Waals surface area contributed by atoms with Crippen molar-refractivity contribution in [3.8, 4) is 0 Å². The third-order valence-corrected chi connectivity index (χ3v) is 4.27. The fraction of sp³-hybridized carbons (Fsp3) is 0.588. The molecule has 0 bridgehead atoms. The van der Waals surface area contributed by atoms with Crippen LogP contribution in [0.2, 0.25) is 0 Å². The van der Waals surface area contributed by atoms with Crippen LogP contribution in [-0.4, -0.2) is 32.0 Å². The summed E-state index contributed by atoms with van der Waals surface area (Å²) in [6.07, 6.45) is 0.802. The van der Waals surface area contributed by atoms with E-state index in [1.807, 2.05) is 51.2 Å². The maximum absolute atomic E-state index is 12.8. The summed E-state index contributed by atoms with van der Waals surface area (Å²) in [6, 6.07) is 9.67. The molecule has 1 aromatic carbocycles. The van der Waals surface area contributed by atoms with Crippen molar-refractivity contribution in [1.29, 1.82) is 0 Å². The van der Waals surface area contributed by atoms with Crippen molar-refractivity contribution in [2.24, 2.45) is 11.8 Å². The number of rotatable bonds is 6. The van der Waals surface area contributed by atoms with E-state index in [1.165, 1.54) is 0 Å². The van der Waals surface area contributed by atoms with Gasteiger partial charge in [-0.25, -0.2) is 0 Å². The van der Waals surface area contributed by atoms with Gasteiger partial charge in [0.05, 0.1) is 5.92 Å². The molecule has 0 heterocycles. The molecule has 1 fully saturated rings. The Kier molecular flexibility index (Phi) is 5.01. The number of carbonyl (C=O) groups is 1. The number of nitrogens with zero attached hydrogens (tertiary/aromatic N) is 1. The first-order valence-electron chi connectivity index (χ1n) is 7.67. The van der Waals surface area contributed by atoms with Gasteiger partial charge in [-0.2, -0.15) is 0 Å². The highest BCUT2D eigenvalue weighted by molar-refractivity contribution is 5.95. The van der Waals surface area contributed by atoms with Crippen LogP contribution in [0.5, 0.6) is 0 Å². The molecule has 21 heavy (non-hydrogen) atoms. The summed E-state index contributed by atoms with van der Waals surface area (Å²) >= 11 is 0. The van der Waals surface area contributed by atoms with Gasteiger partial charge in [-0.15, -0.1) is 0 Å². The van der Waals surface area contributed by atoms with E-state index in [0.717, 1.165) is 12.1 Å². The minimum atomic E-state index is -0.760. The lowest BCUT2D eigenvalue weighted by Crippen LogP contribution is -2.63. The fourth-order valence-corrected chi connectivity index (χ4v) is 3.13. The molecule has 1 aliphatic carbocycles. The van der Waals surface area contributed by atoms with Crippen LogP contribution in [0.3, 0.4) is 0 Å². The van der Waals surface area contributed by atoms with Gasteiger partial charge in [0.25, 0.3) is 0 Å². The summed E-state index contributed by atoms with van der Waals surface area (Å²) in [5.41, 5.74) is 0.893. The molecule has 116 valence electrons. The van der Waals surface area contributed by atoms with Gasteiger partial charge in [-0.3, -0.25) is 4.79 Å². The van der Waals surface area contributed by atoms with Gasteiger partial charge in [-0.1, -0.05) is 25.1 Å². The van der Waals surface area contributed by atoms with E-state index in [0.29, 0.717) is 13.2 Å². The highest BCUT2D eigenvalue weighted by Gasteiger charge is 2.59. The molecule has 0 aliphatic heterocycles. The normalized spacial score (nSPS) is 23.4. The van der Waals surface area contributed by atoms with Crippen LogP contribution < -0.4 is 4.90 Å². The van der Waals surface area contributed by atoms with E-state index >= 15 is 0 Å². The van der Waals surface area contributed by atoms with Crippen molar-refractivity contribution in [1.82, 2.24) is 0 Å². The summed E-state index contributed by atoms with van der Waals surface area (Å²) < 4.78 is 11.7. The molecule has 0 N–H and O–H groups in total. The third kappa shape index (κ3) is 2.83. The van der Waals surface area contributed by atoms with E-state index in [9.17, 15) is 4.79 Å². The quantitative estimate of drug-likeness (QED) is 0.756. The minimum absolute atomic E-state index is 0.0567. The summed E-state index contributed by atoms with van der Waals surface area (Å²) in [5, 5.41) is 0. The second-order valence-corrected chi connectivity index (χ2v) is 5.51. The first-order chi connectivity index (χ1) is 10.1. The number of para-hydroxylation sites is 1. The largest absolute Gasteiger partial charge is 0.349 e. The Morgan fingerprint density at radius 2 is 1.81 bits per heavy atom. The Hall–Kier alpha value is -1.39. The van der Waals surface area contributed by atoms with Gasteiger partial charge >= 0.3 is 0 Å². The zero-order chi connectivity index (χ0) is 15.5. The molecular weight excluding hydrogens is 266 g/mol. The molecule has 0 unspecified atom stereocenters. The van der Waals surface area contributed by atoms with Gasteiger partial charge in [-0.05, 0) is 32.4 Å². The van der Waals surface area contributed by atoms with Crippen LogP contribution in [0.15, 0.2) is 30.3 Å². The van der Waals surface area contributed by atoms with E-state index in [2.05, 4.69) is 6.92 Å². The number of anilines is 1. The molecule has 1 aliphatic rings. The predicted molar refractivity (Wildman–Crippen MR) is 83.1 cm³/mol. The molecule has 1 amide bonds. The summed E-state index contributed by atoms with van der Waals surface area (Å²) in [7, 11) is 1.81. The Labute approximate surface area is 127 Å². The lowest BCUT2D eigenvalue weighted by atomic mass is 9.68. The summed E-state index contributed by atoms with van der Waals surface area (Å²) in [4.78, 5) is 14.5. The Morgan fingerprint density at radius 3 is 2.29 bits per heavy atom. The van der Waals surface area contributed by atoms with Gasteiger partial charge in [0.15, 0.2) is 5.79 Å². The van der Waals surface area contributed by atoms with Crippen molar-refractivity contribution >= 4 is 11.6 Å². The minimum Gasteiger partial charge on any atom is -0.349 e. The lowest BCUT2D eigenvalue weighted by Gasteiger charge is -2.53. The van der Waals surface area contributed by atoms with Crippen molar-refractivity contribution in [2.45, 2.75) is 33.0 Å². The Morgan fingerprint density at radius 1 is 1.24 bits per heavy atom. The van der Waals surface area contributed by atoms with E-state index in [-0.39, 0.29) is 17.7 Å². The van der Waals surface area contributed by atoms with Crippen molar-refractivity contribution in [3.05, 3.63) is 30.3 Å². The first-order valence-corrected chi connectivity index (χ1v) is 7.67. The standard InChI is InChI=1S/C17H25NO3/c1-5-20-17(21-6-2)13(3)12-15(17)16(19)18(4)14-10-8-7-9-11-14/h7-11,13,15H,5-6,12H2,1-4H3/t13-,15-/m0/s1. The first kappa shape index (κ1) is 16.0. The maximum atomic E-state index is 12.8. The molecule has 0 spiro atoms. The smallest absolute Gasteiger partial charge is 0.235 e. The van der Waals surface area contributed by atoms with Crippen LogP contribution in [0.1, 0.15) is 27.2 Å². The Balaban J connectivity index is 2.18. The second kappa shape index (κ2) is 6.58. The molecule has 0 saturated heterocycles.